The van der Waals surface area contributed by atoms with Crippen molar-refractivity contribution in [1.29, 1.82) is 0 Å². The molecular formula is C78H153NO5. The SMILES string of the molecule is CCCC/C=C\CCCCCCCC(=O)OCCCCCCCCCCCCCCCCCCCCCCCCCCCCCCCCCCCCCCCCCC(=O)NC(CO)C(O)CCCCCCCCCCCCCCCCCCC. The van der Waals surface area contributed by atoms with E-state index in [2.05, 4.69) is 31.3 Å². The summed E-state index contributed by atoms with van der Waals surface area (Å²) in [6.07, 6.45) is 93.2. The summed E-state index contributed by atoms with van der Waals surface area (Å²) in [5.74, 6) is -0.0105. The lowest BCUT2D eigenvalue weighted by Crippen LogP contribution is -2.45. The van der Waals surface area contributed by atoms with Crippen LogP contribution in [0, 0.1) is 0 Å². The molecular weight excluding hydrogens is 1030 g/mol. The Kier molecular flexibility index (Phi) is 72.8. The molecule has 2 unspecified atom stereocenters. The zero-order valence-electron chi connectivity index (χ0n) is 57.4. The molecule has 0 aliphatic carbocycles. The molecule has 1 amide bonds. The van der Waals surface area contributed by atoms with Crippen molar-refractivity contribution in [1.82, 2.24) is 5.32 Å². The number of aliphatic hydroxyl groups excluding tert-OH is 2. The Balaban J connectivity index is 3.29. The molecule has 0 bridgehead atoms. The quantitative estimate of drug-likeness (QED) is 0.0320. The highest BCUT2D eigenvalue weighted by atomic mass is 16.5. The largest absolute Gasteiger partial charge is 0.466 e. The molecule has 2 atom stereocenters. The molecule has 0 rings (SSSR count). The summed E-state index contributed by atoms with van der Waals surface area (Å²) in [6, 6.07) is -0.536. The lowest BCUT2D eigenvalue weighted by atomic mass is 10.0. The van der Waals surface area contributed by atoms with Gasteiger partial charge in [0.05, 0.1) is 25.4 Å². The summed E-state index contributed by atoms with van der Waals surface area (Å²) in [7, 11) is 0. The fourth-order valence-electron chi connectivity index (χ4n) is 12.6. The third kappa shape index (κ3) is 69.7. The standard InChI is InChI=1S/C78H153NO5/c1-3-5-7-9-11-13-15-16-17-41-44-47-51-54-58-62-66-70-76(81)75(74-80)79-77(82)71-67-63-59-55-52-48-45-42-39-37-35-33-31-29-27-25-23-21-19-18-20-22-24-26-28-30-32-34-36-38-40-43-46-49-53-57-61-65-69-73-84-78(83)72-68-64-60-56-50-14-12-10-8-6-4-2/h10,12,75-76,80-81H,3-9,11,13-74H2,1-2H3,(H,79,82)/b12-10-. The van der Waals surface area contributed by atoms with Crippen LogP contribution in [0.2, 0.25) is 0 Å². The van der Waals surface area contributed by atoms with Gasteiger partial charge in [0.25, 0.3) is 0 Å². The number of allylic oxidation sites excluding steroid dienone is 2. The van der Waals surface area contributed by atoms with Crippen molar-refractivity contribution in [3.8, 4) is 0 Å². The second-order valence-electron chi connectivity index (χ2n) is 27.0. The summed E-state index contributed by atoms with van der Waals surface area (Å²) in [5, 5.41) is 23.4. The first-order valence-corrected chi connectivity index (χ1v) is 38.9. The first kappa shape index (κ1) is 82.6. The van der Waals surface area contributed by atoms with Gasteiger partial charge in [0, 0.05) is 12.8 Å². The van der Waals surface area contributed by atoms with Gasteiger partial charge in [-0.25, -0.2) is 0 Å². The van der Waals surface area contributed by atoms with Crippen molar-refractivity contribution in [3.05, 3.63) is 12.2 Å². The van der Waals surface area contributed by atoms with Crippen LogP contribution in [0.4, 0.5) is 0 Å². The number of hydrogen-bond acceptors (Lipinski definition) is 5. The first-order valence-electron chi connectivity index (χ1n) is 38.9. The minimum atomic E-state index is -0.659. The Labute approximate surface area is 527 Å². The number of carbonyl (C=O) groups is 2. The van der Waals surface area contributed by atoms with E-state index in [-0.39, 0.29) is 18.5 Å². The number of rotatable bonds is 74. The van der Waals surface area contributed by atoms with Gasteiger partial charge in [-0.2, -0.15) is 0 Å². The van der Waals surface area contributed by atoms with E-state index in [1.807, 2.05) is 0 Å². The molecule has 0 aliphatic heterocycles. The maximum Gasteiger partial charge on any atom is 0.305 e. The maximum absolute atomic E-state index is 12.5. The van der Waals surface area contributed by atoms with Crippen LogP contribution < -0.4 is 5.32 Å². The Hall–Kier alpha value is -1.40. The van der Waals surface area contributed by atoms with Crippen molar-refractivity contribution < 1.29 is 24.5 Å². The zero-order chi connectivity index (χ0) is 60.6. The van der Waals surface area contributed by atoms with Gasteiger partial charge in [-0.1, -0.05) is 405 Å². The molecule has 84 heavy (non-hydrogen) atoms. The number of amides is 1. The van der Waals surface area contributed by atoms with Gasteiger partial charge < -0.3 is 20.3 Å². The average molecular weight is 1190 g/mol. The molecule has 0 radical (unpaired) electrons. The normalized spacial score (nSPS) is 12.5. The van der Waals surface area contributed by atoms with Gasteiger partial charge in [0.15, 0.2) is 0 Å². The number of nitrogens with one attached hydrogen (secondary N) is 1. The van der Waals surface area contributed by atoms with E-state index in [9.17, 15) is 19.8 Å². The molecule has 0 aromatic heterocycles. The monoisotopic (exact) mass is 1180 g/mol. The van der Waals surface area contributed by atoms with Gasteiger partial charge in [0.1, 0.15) is 0 Å². The fraction of sp³-hybridized carbons (Fsp3) is 0.949. The molecule has 3 N–H and O–H groups in total. The summed E-state index contributed by atoms with van der Waals surface area (Å²) >= 11 is 0. The molecule has 0 aromatic carbocycles. The lowest BCUT2D eigenvalue weighted by molar-refractivity contribution is -0.143. The van der Waals surface area contributed by atoms with Crippen LogP contribution in [0.3, 0.4) is 0 Å². The molecule has 0 aromatic rings. The summed E-state index contributed by atoms with van der Waals surface area (Å²) in [6.45, 7) is 4.96. The molecule has 6 nitrogen and oxygen atoms in total. The molecule has 0 fully saturated rings. The van der Waals surface area contributed by atoms with Crippen LogP contribution >= 0.6 is 0 Å². The van der Waals surface area contributed by atoms with Crippen LogP contribution in [0.25, 0.3) is 0 Å². The number of carbonyl (C=O) groups excluding carboxylic acids is 2. The minimum absolute atomic E-state index is 0.0137. The summed E-state index contributed by atoms with van der Waals surface area (Å²) < 4.78 is 5.47. The van der Waals surface area contributed by atoms with E-state index in [0.717, 1.165) is 44.9 Å². The van der Waals surface area contributed by atoms with Gasteiger partial charge in [-0.15, -0.1) is 0 Å². The minimum Gasteiger partial charge on any atom is -0.466 e. The highest BCUT2D eigenvalue weighted by Gasteiger charge is 2.20. The molecule has 0 saturated heterocycles. The van der Waals surface area contributed by atoms with Crippen molar-refractivity contribution in [2.45, 2.75) is 463 Å². The predicted octanol–water partition coefficient (Wildman–Crippen LogP) is 25.5. The fourth-order valence-corrected chi connectivity index (χ4v) is 12.6. The Morgan fingerprint density at radius 1 is 0.321 bits per heavy atom. The van der Waals surface area contributed by atoms with E-state index in [0.29, 0.717) is 25.9 Å². The van der Waals surface area contributed by atoms with Crippen LogP contribution in [0.1, 0.15) is 450 Å². The van der Waals surface area contributed by atoms with Crippen LogP contribution in [0.5, 0.6) is 0 Å². The number of ether oxygens (including phenoxy) is 1. The van der Waals surface area contributed by atoms with Gasteiger partial charge >= 0.3 is 5.97 Å². The van der Waals surface area contributed by atoms with Gasteiger partial charge in [0.2, 0.25) is 5.91 Å². The predicted molar refractivity (Wildman–Crippen MR) is 370 cm³/mol. The van der Waals surface area contributed by atoms with Gasteiger partial charge in [-0.05, 0) is 44.9 Å². The lowest BCUT2D eigenvalue weighted by Gasteiger charge is -2.22. The highest BCUT2D eigenvalue weighted by molar-refractivity contribution is 5.76. The van der Waals surface area contributed by atoms with E-state index >= 15 is 0 Å². The van der Waals surface area contributed by atoms with Crippen molar-refractivity contribution in [3.63, 3.8) is 0 Å². The number of aliphatic hydroxyl groups is 2. The number of unbranched alkanes of at least 4 members (excludes halogenated alkanes) is 61. The number of esters is 1. The molecule has 500 valence electrons. The molecule has 0 aliphatic rings. The number of hydrogen-bond donors (Lipinski definition) is 3. The van der Waals surface area contributed by atoms with Crippen molar-refractivity contribution >= 4 is 11.9 Å². The Morgan fingerprint density at radius 2 is 0.571 bits per heavy atom. The topological polar surface area (TPSA) is 95.9 Å². The highest BCUT2D eigenvalue weighted by Crippen LogP contribution is 2.20. The third-order valence-electron chi connectivity index (χ3n) is 18.6. The molecule has 0 saturated carbocycles. The van der Waals surface area contributed by atoms with E-state index < -0.39 is 12.1 Å². The third-order valence-corrected chi connectivity index (χ3v) is 18.6. The first-order chi connectivity index (χ1) is 41.5. The van der Waals surface area contributed by atoms with Crippen molar-refractivity contribution in [2.24, 2.45) is 0 Å². The smallest absolute Gasteiger partial charge is 0.305 e. The second-order valence-corrected chi connectivity index (χ2v) is 27.0. The zero-order valence-corrected chi connectivity index (χ0v) is 57.4. The maximum atomic E-state index is 12.5. The summed E-state index contributed by atoms with van der Waals surface area (Å²) in [5.41, 5.74) is 0. The van der Waals surface area contributed by atoms with E-state index in [1.165, 1.54) is 372 Å². The molecule has 6 heteroatoms. The molecule has 0 heterocycles. The van der Waals surface area contributed by atoms with Crippen molar-refractivity contribution in [2.75, 3.05) is 13.2 Å². The average Bonchev–Trinajstić information content (AvgIpc) is 3.51. The van der Waals surface area contributed by atoms with Crippen LogP contribution in [-0.4, -0.2) is 47.4 Å². The Morgan fingerprint density at radius 3 is 0.881 bits per heavy atom. The van der Waals surface area contributed by atoms with Crippen LogP contribution in [-0.2, 0) is 14.3 Å². The van der Waals surface area contributed by atoms with E-state index in [1.54, 1.807) is 0 Å². The van der Waals surface area contributed by atoms with Crippen LogP contribution in [0.15, 0.2) is 12.2 Å². The second kappa shape index (κ2) is 74.1. The van der Waals surface area contributed by atoms with Gasteiger partial charge in [-0.3, -0.25) is 9.59 Å². The Bertz CT molecular complexity index is 1270. The summed E-state index contributed by atoms with van der Waals surface area (Å²) in [4.78, 5) is 24.5. The molecule has 0 spiro atoms. The van der Waals surface area contributed by atoms with E-state index in [4.69, 9.17) is 4.74 Å².